The number of anilines is 2. The second-order valence-corrected chi connectivity index (χ2v) is 6.87. The molecule has 0 unspecified atom stereocenters. The Kier molecular flexibility index (Phi) is 5.78. The lowest BCUT2D eigenvalue weighted by Gasteiger charge is -2.35. The number of carbonyl (C=O) groups excluding carboxylic acids is 1. The Hall–Kier alpha value is -2.53. The Labute approximate surface area is 155 Å². The van der Waals surface area contributed by atoms with Crippen LogP contribution in [0.4, 0.5) is 11.4 Å². The fourth-order valence-electron chi connectivity index (χ4n) is 3.08. The second-order valence-electron chi connectivity index (χ2n) is 6.87. The van der Waals surface area contributed by atoms with Crippen LogP contribution in [-0.2, 0) is 4.79 Å². The molecule has 1 heterocycles. The van der Waals surface area contributed by atoms with Gasteiger partial charge in [0.2, 0.25) is 0 Å². The van der Waals surface area contributed by atoms with E-state index in [1.54, 1.807) is 6.92 Å². The molecule has 0 spiro atoms. The Morgan fingerprint density at radius 3 is 2.54 bits per heavy atom. The van der Waals surface area contributed by atoms with E-state index in [4.69, 9.17) is 4.74 Å². The maximum atomic E-state index is 12.6. The lowest BCUT2D eigenvalue weighted by Crippen LogP contribution is -2.44. The minimum Gasteiger partial charge on any atom is -0.481 e. The minimum atomic E-state index is -0.572. The van der Waals surface area contributed by atoms with Crippen molar-refractivity contribution in [2.24, 2.45) is 0 Å². The molecule has 1 aliphatic rings. The third kappa shape index (κ3) is 4.55. The van der Waals surface area contributed by atoms with E-state index >= 15 is 0 Å². The number of para-hydroxylation sites is 2. The summed E-state index contributed by atoms with van der Waals surface area (Å²) in [5.74, 6) is 0.563. The van der Waals surface area contributed by atoms with Crippen molar-refractivity contribution < 1.29 is 9.53 Å². The first kappa shape index (κ1) is 18.3. The zero-order valence-corrected chi connectivity index (χ0v) is 15.7. The highest BCUT2D eigenvalue weighted by Crippen LogP contribution is 2.27. The molecule has 0 saturated carbocycles. The van der Waals surface area contributed by atoms with Crippen molar-refractivity contribution in [3.63, 3.8) is 0 Å². The van der Waals surface area contributed by atoms with Crippen molar-refractivity contribution in [3.05, 3.63) is 54.1 Å². The monoisotopic (exact) mass is 353 g/mol. The standard InChI is InChI=1S/C21H27N3O2/c1-16-7-6-8-18(15-16)26-17(2)21(25)22-19-9-4-5-10-20(19)24-13-11-23(3)12-14-24/h4-10,15,17H,11-14H2,1-3H3,(H,22,25)/t17-/m1/s1. The van der Waals surface area contributed by atoms with Crippen LogP contribution in [0.5, 0.6) is 5.75 Å². The van der Waals surface area contributed by atoms with Gasteiger partial charge in [0.15, 0.2) is 6.10 Å². The molecule has 0 aliphatic carbocycles. The summed E-state index contributed by atoms with van der Waals surface area (Å²) in [7, 11) is 2.13. The number of hydrogen-bond donors (Lipinski definition) is 1. The van der Waals surface area contributed by atoms with Gasteiger partial charge in [0, 0.05) is 26.2 Å². The summed E-state index contributed by atoms with van der Waals surface area (Å²) in [5.41, 5.74) is 3.01. The molecule has 2 aromatic rings. The van der Waals surface area contributed by atoms with Gasteiger partial charge >= 0.3 is 0 Å². The summed E-state index contributed by atoms with van der Waals surface area (Å²) in [5, 5.41) is 3.03. The SMILES string of the molecule is Cc1cccc(O[C@H](C)C(=O)Nc2ccccc2N2CCN(C)CC2)c1. The van der Waals surface area contributed by atoms with E-state index in [-0.39, 0.29) is 5.91 Å². The van der Waals surface area contributed by atoms with Gasteiger partial charge in [0.1, 0.15) is 5.75 Å². The van der Waals surface area contributed by atoms with Crippen LogP contribution in [0, 0.1) is 6.92 Å². The molecule has 3 rings (SSSR count). The molecular weight excluding hydrogens is 326 g/mol. The van der Waals surface area contributed by atoms with Crippen LogP contribution in [0.15, 0.2) is 48.5 Å². The number of rotatable bonds is 5. The summed E-state index contributed by atoms with van der Waals surface area (Å²) >= 11 is 0. The number of benzene rings is 2. The van der Waals surface area contributed by atoms with Crippen molar-refractivity contribution in [3.8, 4) is 5.75 Å². The van der Waals surface area contributed by atoms with Gasteiger partial charge in [0.05, 0.1) is 11.4 Å². The molecule has 1 N–H and O–H groups in total. The smallest absolute Gasteiger partial charge is 0.265 e. The lowest BCUT2D eigenvalue weighted by atomic mass is 10.2. The zero-order valence-electron chi connectivity index (χ0n) is 15.7. The molecular formula is C21H27N3O2. The number of hydrogen-bond acceptors (Lipinski definition) is 4. The molecule has 1 aliphatic heterocycles. The molecule has 26 heavy (non-hydrogen) atoms. The van der Waals surface area contributed by atoms with Gasteiger partial charge in [0.25, 0.3) is 5.91 Å². The first-order valence-corrected chi connectivity index (χ1v) is 9.09. The van der Waals surface area contributed by atoms with E-state index in [1.165, 1.54) is 0 Å². The largest absolute Gasteiger partial charge is 0.481 e. The topological polar surface area (TPSA) is 44.8 Å². The van der Waals surface area contributed by atoms with Crippen LogP contribution in [0.25, 0.3) is 0 Å². The molecule has 1 amide bonds. The molecule has 2 aromatic carbocycles. The van der Waals surface area contributed by atoms with Gasteiger partial charge in [-0.2, -0.15) is 0 Å². The predicted octanol–water partition coefficient (Wildman–Crippen LogP) is 3.15. The second kappa shape index (κ2) is 8.23. The third-order valence-corrected chi connectivity index (χ3v) is 4.68. The van der Waals surface area contributed by atoms with E-state index < -0.39 is 6.10 Å². The summed E-state index contributed by atoms with van der Waals surface area (Å²) in [6.07, 6.45) is -0.572. The van der Waals surface area contributed by atoms with Gasteiger partial charge in [-0.1, -0.05) is 24.3 Å². The quantitative estimate of drug-likeness (QED) is 0.897. The van der Waals surface area contributed by atoms with Crippen LogP contribution in [0.1, 0.15) is 12.5 Å². The molecule has 1 saturated heterocycles. The van der Waals surface area contributed by atoms with Gasteiger partial charge in [-0.25, -0.2) is 0 Å². The van der Waals surface area contributed by atoms with Crippen molar-refractivity contribution in [2.45, 2.75) is 20.0 Å². The summed E-state index contributed by atoms with van der Waals surface area (Å²) in [4.78, 5) is 17.3. The van der Waals surface area contributed by atoms with E-state index in [0.717, 1.165) is 43.1 Å². The lowest BCUT2D eigenvalue weighted by molar-refractivity contribution is -0.122. The molecule has 0 radical (unpaired) electrons. The number of likely N-dealkylation sites (N-methyl/N-ethyl adjacent to an activating group) is 1. The fourth-order valence-corrected chi connectivity index (χ4v) is 3.08. The third-order valence-electron chi connectivity index (χ3n) is 4.68. The number of ether oxygens (including phenoxy) is 1. The van der Waals surface area contributed by atoms with Crippen molar-refractivity contribution in [1.82, 2.24) is 4.90 Å². The van der Waals surface area contributed by atoms with Gasteiger partial charge in [-0.15, -0.1) is 0 Å². The highest BCUT2D eigenvalue weighted by molar-refractivity contribution is 5.97. The minimum absolute atomic E-state index is 0.145. The van der Waals surface area contributed by atoms with E-state index in [9.17, 15) is 4.79 Å². The highest BCUT2D eigenvalue weighted by atomic mass is 16.5. The number of amides is 1. The average Bonchev–Trinajstić information content (AvgIpc) is 2.63. The average molecular weight is 353 g/mol. The predicted molar refractivity (Wildman–Crippen MR) is 106 cm³/mol. The zero-order chi connectivity index (χ0) is 18.5. The van der Waals surface area contributed by atoms with Crippen LogP contribution < -0.4 is 15.0 Å². The fraction of sp³-hybridized carbons (Fsp3) is 0.381. The highest BCUT2D eigenvalue weighted by Gasteiger charge is 2.20. The molecule has 0 aromatic heterocycles. The number of nitrogens with one attached hydrogen (secondary N) is 1. The molecule has 138 valence electrons. The van der Waals surface area contributed by atoms with Gasteiger partial charge < -0.3 is 19.9 Å². The maximum Gasteiger partial charge on any atom is 0.265 e. The van der Waals surface area contributed by atoms with Crippen LogP contribution in [-0.4, -0.2) is 50.1 Å². The van der Waals surface area contributed by atoms with E-state index in [0.29, 0.717) is 5.75 Å². The van der Waals surface area contributed by atoms with Crippen LogP contribution in [0.3, 0.4) is 0 Å². The summed E-state index contributed by atoms with van der Waals surface area (Å²) in [6.45, 7) is 7.74. The number of piperazine rings is 1. The molecule has 5 nitrogen and oxygen atoms in total. The van der Waals surface area contributed by atoms with Crippen molar-refractivity contribution >= 4 is 17.3 Å². The summed E-state index contributed by atoms with van der Waals surface area (Å²) < 4.78 is 5.80. The molecule has 1 fully saturated rings. The Morgan fingerprint density at radius 2 is 1.81 bits per heavy atom. The van der Waals surface area contributed by atoms with E-state index in [2.05, 4.69) is 28.2 Å². The number of aryl methyl sites for hydroxylation is 1. The summed E-state index contributed by atoms with van der Waals surface area (Å²) in [6, 6.07) is 15.7. The van der Waals surface area contributed by atoms with E-state index in [1.807, 2.05) is 49.4 Å². The molecule has 0 bridgehead atoms. The number of carbonyl (C=O) groups is 1. The molecule has 5 heteroatoms. The maximum absolute atomic E-state index is 12.6. The first-order chi connectivity index (χ1) is 12.5. The normalized spacial score (nSPS) is 16.2. The molecule has 1 atom stereocenters. The van der Waals surface area contributed by atoms with Crippen LogP contribution in [0.2, 0.25) is 0 Å². The number of nitrogens with zero attached hydrogens (tertiary/aromatic N) is 2. The Balaban J connectivity index is 1.67. The van der Waals surface area contributed by atoms with Crippen LogP contribution >= 0.6 is 0 Å². The van der Waals surface area contributed by atoms with Gasteiger partial charge in [-0.05, 0) is 50.7 Å². The van der Waals surface area contributed by atoms with Gasteiger partial charge in [-0.3, -0.25) is 4.79 Å². The van der Waals surface area contributed by atoms with Crippen molar-refractivity contribution in [1.29, 1.82) is 0 Å². The Bertz CT molecular complexity index is 754. The Morgan fingerprint density at radius 1 is 1.08 bits per heavy atom. The first-order valence-electron chi connectivity index (χ1n) is 9.09. The van der Waals surface area contributed by atoms with Crippen molar-refractivity contribution in [2.75, 3.05) is 43.4 Å².